The van der Waals surface area contributed by atoms with Crippen molar-refractivity contribution >= 4 is 23.4 Å². The molecule has 0 spiro atoms. The van der Waals surface area contributed by atoms with Crippen LogP contribution in [-0.2, 0) is 16.1 Å². The van der Waals surface area contributed by atoms with E-state index >= 15 is 0 Å². The molecule has 6 rings (SSSR count). The highest BCUT2D eigenvalue weighted by molar-refractivity contribution is 6.03. The number of pyridine rings is 1. The summed E-state index contributed by atoms with van der Waals surface area (Å²) in [6.07, 6.45) is 5.39. The maximum atomic E-state index is 13.1. The summed E-state index contributed by atoms with van der Waals surface area (Å²) < 4.78 is 11.9. The molecule has 4 aliphatic rings. The monoisotopic (exact) mass is 490 g/mol. The van der Waals surface area contributed by atoms with Crippen molar-refractivity contribution in [3.63, 3.8) is 0 Å². The molecule has 2 aromatic rings. The number of fused-ring (bicyclic) bond motifs is 2. The largest absolute Gasteiger partial charge is 0.479 e. The van der Waals surface area contributed by atoms with Crippen molar-refractivity contribution in [3.05, 3.63) is 47.7 Å². The zero-order valence-corrected chi connectivity index (χ0v) is 20.6. The fraction of sp³-hybridized carbons (Fsp3) is 0.481. The first-order valence-electron chi connectivity index (χ1n) is 12.6. The summed E-state index contributed by atoms with van der Waals surface area (Å²) >= 11 is 0. The number of benzene rings is 1. The van der Waals surface area contributed by atoms with Gasteiger partial charge in [-0.2, -0.15) is 0 Å². The molecule has 1 saturated heterocycles. The van der Waals surface area contributed by atoms with Crippen LogP contribution in [0.1, 0.15) is 41.6 Å². The minimum Gasteiger partial charge on any atom is -0.479 e. The van der Waals surface area contributed by atoms with Gasteiger partial charge in [0.25, 0.3) is 11.8 Å². The number of rotatable bonds is 7. The molecule has 36 heavy (non-hydrogen) atoms. The Morgan fingerprint density at radius 2 is 1.89 bits per heavy atom. The fourth-order valence-corrected chi connectivity index (χ4v) is 5.57. The normalized spacial score (nSPS) is 26.2. The van der Waals surface area contributed by atoms with Gasteiger partial charge in [0, 0.05) is 50.9 Å². The maximum absolute atomic E-state index is 13.1. The van der Waals surface area contributed by atoms with Crippen LogP contribution in [-0.4, -0.2) is 71.9 Å². The Kier molecular flexibility index (Phi) is 5.58. The molecule has 1 aromatic carbocycles. The van der Waals surface area contributed by atoms with E-state index in [2.05, 4.69) is 4.98 Å². The van der Waals surface area contributed by atoms with Crippen LogP contribution in [0.2, 0.25) is 0 Å². The van der Waals surface area contributed by atoms with Gasteiger partial charge in [0.05, 0.1) is 6.20 Å². The van der Waals surface area contributed by atoms with Gasteiger partial charge >= 0.3 is 0 Å². The second kappa shape index (κ2) is 8.80. The molecule has 4 atom stereocenters. The van der Waals surface area contributed by atoms with Gasteiger partial charge < -0.3 is 24.2 Å². The quantitative estimate of drug-likeness (QED) is 0.592. The van der Waals surface area contributed by atoms with E-state index in [0.717, 1.165) is 30.2 Å². The minimum atomic E-state index is -0.612. The number of likely N-dealkylation sites (N-methyl/N-ethyl adjacent to an activating group) is 1. The minimum absolute atomic E-state index is 0.0357. The summed E-state index contributed by atoms with van der Waals surface area (Å²) in [7, 11) is 3.34. The van der Waals surface area contributed by atoms with Crippen molar-refractivity contribution < 1.29 is 23.9 Å². The van der Waals surface area contributed by atoms with E-state index in [0.29, 0.717) is 42.4 Å². The molecule has 9 nitrogen and oxygen atoms in total. The first-order chi connectivity index (χ1) is 17.4. The zero-order valence-electron chi connectivity index (χ0n) is 20.6. The molecular weight excluding hydrogens is 460 g/mol. The smallest absolute Gasteiger partial charge is 0.268 e. The number of hydrogen-bond acceptors (Lipinski definition) is 6. The zero-order chi connectivity index (χ0) is 25.0. The Balaban J connectivity index is 1.07. The van der Waals surface area contributed by atoms with Gasteiger partial charge in [-0.05, 0) is 54.9 Å². The molecule has 0 N–H and O–H groups in total. The first kappa shape index (κ1) is 22.8. The van der Waals surface area contributed by atoms with E-state index in [-0.39, 0.29) is 30.4 Å². The fourth-order valence-electron chi connectivity index (χ4n) is 5.57. The van der Waals surface area contributed by atoms with Gasteiger partial charge in [-0.15, -0.1) is 0 Å². The topological polar surface area (TPSA) is 92.3 Å². The number of nitrogens with zero attached hydrogens (tertiary/aromatic N) is 4. The van der Waals surface area contributed by atoms with E-state index in [1.807, 2.05) is 12.1 Å². The number of anilines is 1. The standard InChI is InChI=1S/C27H30N4O5/c1-29(2)25(32)15-30-14-16-3-4-19(12-22(16)26(30)33)31-8-7-23(27(31)34)35-20-5-6-24(28-13-20)36-21-10-17-9-18(17)11-21/h3-6,12-13,17-18,21,23H,7-11,14-15H2,1-2H3/t17-,18+,21+,23-/m1/s1. The SMILES string of the molecule is CN(C)C(=O)CN1Cc2ccc(N3CC[C@@H](Oc4ccc(O[C@@H]5C[C@@H]6C[C@@H]6C5)nc4)C3=O)cc2C1=O. The predicted octanol–water partition coefficient (Wildman–Crippen LogP) is 2.49. The Morgan fingerprint density at radius 1 is 1.08 bits per heavy atom. The van der Waals surface area contributed by atoms with E-state index in [9.17, 15) is 14.4 Å². The van der Waals surface area contributed by atoms with Crippen molar-refractivity contribution in [1.82, 2.24) is 14.8 Å². The molecule has 9 heteroatoms. The molecule has 1 aromatic heterocycles. The molecule has 3 fully saturated rings. The molecule has 0 bridgehead atoms. The van der Waals surface area contributed by atoms with Crippen LogP contribution in [0.25, 0.3) is 0 Å². The highest BCUT2D eigenvalue weighted by Gasteiger charge is 2.47. The van der Waals surface area contributed by atoms with Crippen LogP contribution in [0.15, 0.2) is 36.5 Å². The summed E-state index contributed by atoms with van der Waals surface area (Å²) in [5.41, 5.74) is 2.06. The summed E-state index contributed by atoms with van der Waals surface area (Å²) in [5.74, 6) is 2.36. The molecule has 2 aliphatic carbocycles. The lowest BCUT2D eigenvalue weighted by atomic mass is 10.1. The lowest BCUT2D eigenvalue weighted by Gasteiger charge is -2.18. The molecular formula is C27H30N4O5. The third-order valence-electron chi connectivity index (χ3n) is 7.74. The Hall–Kier alpha value is -3.62. The molecule has 0 radical (unpaired) electrons. The van der Waals surface area contributed by atoms with Crippen molar-refractivity contribution in [2.24, 2.45) is 11.8 Å². The highest BCUT2D eigenvalue weighted by atomic mass is 16.5. The molecule has 188 valence electrons. The van der Waals surface area contributed by atoms with Gasteiger partial charge in [-0.25, -0.2) is 4.98 Å². The van der Waals surface area contributed by atoms with Crippen molar-refractivity contribution in [2.45, 2.75) is 44.4 Å². The van der Waals surface area contributed by atoms with Crippen molar-refractivity contribution in [2.75, 3.05) is 32.1 Å². The van der Waals surface area contributed by atoms with Crippen LogP contribution in [0.4, 0.5) is 5.69 Å². The molecule has 3 amide bonds. The average molecular weight is 491 g/mol. The second-order valence-corrected chi connectivity index (χ2v) is 10.5. The van der Waals surface area contributed by atoms with E-state index in [1.165, 1.54) is 16.2 Å². The number of amides is 3. The van der Waals surface area contributed by atoms with Crippen LogP contribution < -0.4 is 14.4 Å². The summed E-state index contributed by atoms with van der Waals surface area (Å²) in [4.78, 5) is 47.1. The van der Waals surface area contributed by atoms with Gasteiger partial charge in [-0.1, -0.05) is 6.07 Å². The molecule has 2 saturated carbocycles. The van der Waals surface area contributed by atoms with Gasteiger partial charge in [0.2, 0.25) is 11.8 Å². The van der Waals surface area contributed by atoms with Crippen molar-refractivity contribution in [1.29, 1.82) is 0 Å². The third-order valence-corrected chi connectivity index (χ3v) is 7.74. The van der Waals surface area contributed by atoms with Gasteiger partial charge in [-0.3, -0.25) is 14.4 Å². The number of aromatic nitrogens is 1. The predicted molar refractivity (Wildman–Crippen MR) is 131 cm³/mol. The molecule has 0 unspecified atom stereocenters. The van der Waals surface area contributed by atoms with E-state index in [4.69, 9.17) is 9.47 Å². The summed E-state index contributed by atoms with van der Waals surface area (Å²) in [5, 5.41) is 0. The highest BCUT2D eigenvalue weighted by Crippen LogP contribution is 2.52. The lowest BCUT2D eigenvalue weighted by Crippen LogP contribution is -2.36. The number of carbonyl (C=O) groups is 3. The number of ether oxygens (including phenoxy) is 2. The summed E-state index contributed by atoms with van der Waals surface area (Å²) in [6.45, 7) is 0.925. The Morgan fingerprint density at radius 3 is 2.61 bits per heavy atom. The van der Waals surface area contributed by atoms with E-state index < -0.39 is 6.10 Å². The summed E-state index contributed by atoms with van der Waals surface area (Å²) in [6, 6.07) is 9.06. The van der Waals surface area contributed by atoms with Crippen molar-refractivity contribution in [3.8, 4) is 11.6 Å². The van der Waals surface area contributed by atoms with Gasteiger partial charge in [0.1, 0.15) is 18.4 Å². The number of hydrogen-bond donors (Lipinski definition) is 0. The van der Waals surface area contributed by atoms with Crippen LogP contribution >= 0.6 is 0 Å². The molecule has 3 heterocycles. The maximum Gasteiger partial charge on any atom is 0.268 e. The second-order valence-electron chi connectivity index (χ2n) is 10.5. The number of carbonyl (C=O) groups excluding carboxylic acids is 3. The third kappa shape index (κ3) is 4.27. The van der Waals surface area contributed by atoms with Gasteiger partial charge in [0.15, 0.2) is 6.10 Å². The van der Waals surface area contributed by atoms with Crippen LogP contribution in [0.5, 0.6) is 11.6 Å². The Bertz CT molecular complexity index is 1200. The van der Waals surface area contributed by atoms with Crippen LogP contribution in [0.3, 0.4) is 0 Å². The average Bonchev–Trinajstić information content (AvgIpc) is 3.15. The van der Waals surface area contributed by atoms with E-state index in [1.54, 1.807) is 43.4 Å². The Labute approximate surface area is 210 Å². The lowest BCUT2D eigenvalue weighted by molar-refractivity contribution is -0.129. The van der Waals surface area contributed by atoms with Crippen LogP contribution in [0, 0.1) is 11.8 Å². The first-order valence-corrected chi connectivity index (χ1v) is 12.6. The molecule has 2 aliphatic heterocycles.